The molecule has 4 N–H and O–H groups in total. The number of aromatic nitrogens is 2. The number of nitrogens with zero attached hydrogens (tertiary/aromatic N) is 2. The first-order chi connectivity index (χ1) is 8.96. The smallest absolute Gasteiger partial charge is 0.256 e. The molecule has 0 bridgehead atoms. The number of aryl methyl sites for hydroxylation is 1. The number of nitrogens with two attached hydrogens (primary N) is 1. The van der Waals surface area contributed by atoms with E-state index in [0.29, 0.717) is 17.8 Å². The molecule has 1 amide bonds. The van der Waals surface area contributed by atoms with Crippen LogP contribution in [-0.4, -0.2) is 47.2 Å². The van der Waals surface area contributed by atoms with Gasteiger partial charge in [0.05, 0.1) is 0 Å². The van der Waals surface area contributed by atoms with Gasteiger partial charge in [0.1, 0.15) is 5.56 Å². The van der Waals surface area contributed by atoms with Gasteiger partial charge in [0.2, 0.25) is 0 Å². The van der Waals surface area contributed by atoms with Crippen LogP contribution in [-0.2, 0) is 0 Å². The van der Waals surface area contributed by atoms with Crippen LogP contribution in [0.2, 0.25) is 0 Å². The van der Waals surface area contributed by atoms with Crippen molar-refractivity contribution in [3.8, 4) is 0 Å². The fourth-order valence-electron chi connectivity index (χ4n) is 2.88. The van der Waals surface area contributed by atoms with Crippen LogP contribution < -0.4 is 11.1 Å². The van der Waals surface area contributed by atoms with Crippen LogP contribution in [0.1, 0.15) is 41.7 Å². The van der Waals surface area contributed by atoms with Gasteiger partial charge in [0.25, 0.3) is 5.91 Å². The van der Waals surface area contributed by atoms with E-state index < -0.39 is 0 Å². The average molecular weight is 265 g/mol. The lowest BCUT2D eigenvalue weighted by molar-refractivity contribution is 0.0900. The van der Waals surface area contributed by atoms with Gasteiger partial charge in [-0.25, -0.2) is 0 Å². The molecule has 0 aliphatic heterocycles. The Morgan fingerprint density at radius 2 is 2.11 bits per heavy atom. The molecule has 6 heteroatoms. The van der Waals surface area contributed by atoms with Crippen LogP contribution in [0.15, 0.2) is 0 Å². The van der Waals surface area contributed by atoms with Crippen LogP contribution >= 0.6 is 0 Å². The molecule has 0 spiro atoms. The van der Waals surface area contributed by atoms with Gasteiger partial charge in [-0.05, 0) is 33.9 Å². The van der Waals surface area contributed by atoms with Crippen molar-refractivity contribution in [2.45, 2.75) is 38.1 Å². The Kier molecular flexibility index (Phi) is 3.80. The lowest BCUT2D eigenvalue weighted by Crippen LogP contribution is -2.50. The Balaban J connectivity index is 2.04. The highest BCUT2D eigenvalue weighted by Crippen LogP contribution is 2.33. The van der Waals surface area contributed by atoms with E-state index in [2.05, 4.69) is 34.5 Å². The van der Waals surface area contributed by atoms with E-state index in [9.17, 15) is 4.79 Å². The number of aromatic amines is 1. The molecule has 1 aromatic rings. The summed E-state index contributed by atoms with van der Waals surface area (Å²) in [5, 5.41) is 9.59. The molecule has 1 aliphatic carbocycles. The highest BCUT2D eigenvalue weighted by molar-refractivity contribution is 5.99. The number of H-pyrrole nitrogens is 1. The number of anilines is 1. The van der Waals surface area contributed by atoms with E-state index in [0.717, 1.165) is 12.8 Å². The maximum absolute atomic E-state index is 12.2. The van der Waals surface area contributed by atoms with Crippen molar-refractivity contribution in [1.29, 1.82) is 0 Å². The van der Waals surface area contributed by atoms with Crippen molar-refractivity contribution in [2.75, 3.05) is 26.4 Å². The Morgan fingerprint density at radius 1 is 1.47 bits per heavy atom. The molecule has 1 aromatic heterocycles. The Morgan fingerprint density at radius 3 is 2.58 bits per heavy atom. The van der Waals surface area contributed by atoms with Gasteiger partial charge < -0.3 is 16.0 Å². The quantitative estimate of drug-likeness (QED) is 0.755. The second-order valence-electron chi connectivity index (χ2n) is 5.62. The number of nitrogens with one attached hydrogen (secondary N) is 2. The van der Waals surface area contributed by atoms with Crippen molar-refractivity contribution < 1.29 is 4.79 Å². The van der Waals surface area contributed by atoms with Gasteiger partial charge in [-0.15, -0.1) is 0 Å². The molecule has 0 aromatic carbocycles. The molecule has 1 aliphatic rings. The first-order valence-corrected chi connectivity index (χ1v) is 6.72. The first kappa shape index (κ1) is 13.9. The van der Waals surface area contributed by atoms with Crippen LogP contribution in [0.25, 0.3) is 0 Å². The summed E-state index contributed by atoms with van der Waals surface area (Å²) in [7, 11) is 4.16. The molecule has 0 atom stereocenters. The van der Waals surface area contributed by atoms with Crippen LogP contribution in [0.5, 0.6) is 0 Å². The molecule has 1 heterocycles. The van der Waals surface area contributed by atoms with Gasteiger partial charge >= 0.3 is 0 Å². The number of carbonyl (C=O) groups excluding carboxylic acids is 1. The lowest BCUT2D eigenvalue weighted by Gasteiger charge is -2.36. The van der Waals surface area contributed by atoms with Crippen LogP contribution in [0.3, 0.4) is 0 Å². The van der Waals surface area contributed by atoms with Gasteiger partial charge in [-0.3, -0.25) is 9.89 Å². The molecule has 0 saturated heterocycles. The summed E-state index contributed by atoms with van der Waals surface area (Å²) in [6.07, 6.45) is 4.70. The van der Waals surface area contributed by atoms with E-state index in [1.165, 1.54) is 12.8 Å². The third-order valence-corrected chi connectivity index (χ3v) is 4.26. The number of hydrogen-bond donors (Lipinski definition) is 3. The van der Waals surface area contributed by atoms with Crippen LogP contribution in [0.4, 0.5) is 5.82 Å². The second kappa shape index (κ2) is 5.21. The predicted octanol–water partition coefficient (Wildman–Crippen LogP) is 0.905. The van der Waals surface area contributed by atoms with Crippen molar-refractivity contribution in [2.24, 2.45) is 0 Å². The summed E-state index contributed by atoms with van der Waals surface area (Å²) in [6.45, 7) is 2.46. The highest BCUT2D eigenvalue weighted by atomic mass is 16.1. The van der Waals surface area contributed by atoms with E-state index >= 15 is 0 Å². The number of carbonyl (C=O) groups is 1. The normalized spacial score (nSPS) is 17.9. The molecular weight excluding hydrogens is 242 g/mol. The zero-order valence-corrected chi connectivity index (χ0v) is 11.9. The Hall–Kier alpha value is -1.56. The molecule has 0 unspecified atom stereocenters. The SMILES string of the molecule is Cc1[nH]nc(N)c1C(=O)NCC1(N(C)C)CCCC1. The zero-order chi connectivity index (χ0) is 14.0. The summed E-state index contributed by atoms with van der Waals surface area (Å²) in [6, 6.07) is 0. The minimum atomic E-state index is -0.142. The fourth-order valence-corrected chi connectivity index (χ4v) is 2.88. The Labute approximate surface area is 113 Å². The largest absolute Gasteiger partial charge is 0.382 e. The number of amides is 1. The van der Waals surface area contributed by atoms with E-state index in [1.54, 1.807) is 6.92 Å². The lowest BCUT2D eigenvalue weighted by atomic mass is 9.96. The monoisotopic (exact) mass is 265 g/mol. The summed E-state index contributed by atoms with van der Waals surface area (Å²) in [4.78, 5) is 14.4. The van der Waals surface area contributed by atoms with E-state index in [4.69, 9.17) is 5.73 Å². The summed E-state index contributed by atoms with van der Waals surface area (Å²) < 4.78 is 0. The van der Waals surface area contributed by atoms with Crippen molar-refractivity contribution >= 4 is 11.7 Å². The molecule has 0 radical (unpaired) electrons. The molecule has 106 valence electrons. The number of rotatable bonds is 4. The topological polar surface area (TPSA) is 87.0 Å². The summed E-state index contributed by atoms with van der Waals surface area (Å²) in [5.41, 5.74) is 6.96. The van der Waals surface area contributed by atoms with Crippen molar-refractivity contribution in [1.82, 2.24) is 20.4 Å². The molecule has 1 saturated carbocycles. The molecular formula is C13H23N5O. The summed E-state index contributed by atoms with van der Waals surface area (Å²) >= 11 is 0. The minimum absolute atomic E-state index is 0.0854. The van der Waals surface area contributed by atoms with Crippen molar-refractivity contribution in [3.63, 3.8) is 0 Å². The van der Waals surface area contributed by atoms with Gasteiger partial charge in [0, 0.05) is 17.8 Å². The highest BCUT2D eigenvalue weighted by Gasteiger charge is 2.36. The second-order valence-corrected chi connectivity index (χ2v) is 5.62. The number of hydrogen-bond acceptors (Lipinski definition) is 4. The van der Waals surface area contributed by atoms with Gasteiger partial charge in [-0.1, -0.05) is 12.8 Å². The average Bonchev–Trinajstić information content (AvgIpc) is 2.95. The summed E-state index contributed by atoms with van der Waals surface area (Å²) in [5.74, 6) is 0.122. The maximum Gasteiger partial charge on any atom is 0.256 e. The first-order valence-electron chi connectivity index (χ1n) is 6.72. The number of likely N-dealkylation sites (N-methyl/N-ethyl adjacent to an activating group) is 1. The molecule has 6 nitrogen and oxygen atoms in total. The maximum atomic E-state index is 12.2. The zero-order valence-electron chi connectivity index (χ0n) is 11.9. The molecule has 1 fully saturated rings. The fraction of sp³-hybridized carbons (Fsp3) is 0.692. The number of nitrogen functional groups attached to an aromatic ring is 1. The van der Waals surface area contributed by atoms with Gasteiger partial charge in [-0.2, -0.15) is 5.10 Å². The third-order valence-electron chi connectivity index (χ3n) is 4.26. The van der Waals surface area contributed by atoms with E-state index in [-0.39, 0.29) is 17.3 Å². The van der Waals surface area contributed by atoms with Crippen LogP contribution in [0, 0.1) is 6.92 Å². The standard InChI is InChI=1S/C13H23N5O/c1-9-10(11(14)17-16-9)12(19)15-8-13(18(2)3)6-4-5-7-13/h4-8H2,1-3H3,(H,15,19)(H3,14,16,17). The Bertz CT molecular complexity index is 440. The molecule has 2 rings (SSSR count). The third kappa shape index (κ3) is 2.58. The van der Waals surface area contributed by atoms with Gasteiger partial charge in [0.15, 0.2) is 5.82 Å². The van der Waals surface area contributed by atoms with E-state index in [1.807, 2.05) is 0 Å². The molecule has 19 heavy (non-hydrogen) atoms. The van der Waals surface area contributed by atoms with Crippen molar-refractivity contribution in [3.05, 3.63) is 11.3 Å². The minimum Gasteiger partial charge on any atom is -0.382 e. The predicted molar refractivity (Wildman–Crippen MR) is 75.0 cm³/mol.